The van der Waals surface area contributed by atoms with Crippen LogP contribution in [0.25, 0.3) is 11.1 Å². The first-order valence-corrected chi connectivity index (χ1v) is 10.3. The van der Waals surface area contributed by atoms with E-state index in [0.717, 1.165) is 28.0 Å². The molecule has 0 radical (unpaired) electrons. The molecule has 0 aliphatic carbocycles. The van der Waals surface area contributed by atoms with Crippen LogP contribution in [0.2, 0.25) is 0 Å². The Kier molecular flexibility index (Phi) is 7.55. The highest BCUT2D eigenvalue weighted by atomic mass is 16.7. The number of hydrogen-bond acceptors (Lipinski definition) is 5. The molecule has 2 N–H and O–H groups in total. The summed E-state index contributed by atoms with van der Waals surface area (Å²) < 4.78 is 17.1. The van der Waals surface area contributed by atoms with Crippen molar-refractivity contribution in [3.05, 3.63) is 77.9 Å². The first kappa shape index (κ1) is 22.7. The van der Waals surface area contributed by atoms with Crippen LogP contribution in [0.5, 0.6) is 17.2 Å². The van der Waals surface area contributed by atoms with Crippen molar-refractivity contribution in [3.63, 3.8) is 0 Å². The Morgan fingerprint density at radius 3 is 1.90 bits per heavy atom. The van der Waals surface area contributed by atoms with Crippen LogP contribution in [0.4, 0.5) is 0 Å². The number of aromatic hydroxyl groups is 2. The molecule has 0 saturated carbocycles. The van der Waals surface area contributed by atoms with Crippen molar-refractivity contribution in [1.82, 2.24) is 0 Å². The van der Waals surface area contributed by atoms with Crippen molar-refractivity contribution < 1.29 is 24.4 Å². The molecule has 0 saturated heterocycles. The molecule has 0 aliphatic heterocycles. The van der Waals surface area contributed by atoms with Crippen LogP contribution < -0.4 is 4.74 Å². The summed E-state index contributed by atoms with van der Waals surface area (Å²) in [4.78, 5) is 0. The second-order valence-corrected chi connectivity index (χ2v) is 7.52. The van der Waals surface area contributed by atoms with Gasteiger partial charge in [0.05, 0.1) is 7.11 Å². The molecular formula is C26H30O5. The van der Waals surface area contributed by atoms with E-state index in [4.69, 9.17) is 14.2 Å². The average molecular weight is 423 g/mol. The summed E-state index contributed by atoms with van der Waals surface area (Å²) in [5.41, 5.74) is 4.10. The molecule has 0 aliphatic rings. The van der Waals surface area contributed by atoms with Gasteiger partial charge < -0.3 is 24.4 Å². The molecule has 0 atom stereocenters. The fourth-order valence-corrected chi connectivity index (χ4v) is 3.91. The summed E-state index contributed by atoms with van der Waals surface area (Å²) >= 11 is 0. The fraction of sp³-hybridized carbons (Fsp3) is 0.308. The monoisotopic (exact) mass is 422 g/mol. The summed E-state index contributed by atoms with van der Waals surface area (Å²) in [5.74, 6) is 0.344. The molecule has 3 aromatic rings. The third-order valence-corrected chi connectivity index (χ3v) is 5.73. The predicted molar refractivity (Wildman–Crippen MR) is 122 cm³/mol. The third kappa shape index (κ3) is 5.57. The van der Waals surface area contributed by atoms with Crippen molar-refractivity contribution in [2.75, 3.05) is 21.3 Å². The normalized spacial score (nSPS) is 11.5. The van der Waals surface area contributed by atoms with Gasteiger partial charge in [-0.3, -0.25) is 0 Å². The largest absolute Gasteiger partial charge is 0.508 e. The summed E-state index contributed by atoms with van der Waals surface area (Å²) in [6.45, 7) is 0. The van der Waals surface area contributed by atoms with Crippen LogP contribution in [-0.4, -0.2) is 37.3 Å². The molecule has 31 heavy (non-hydrogen) atoms. The molecule has 164 valence electrons. The summed E-state index contributed by atoms with van der Waals surface area (Å²) in [7, 11) is 4.90. The van der Waals surface area contributed by atoms with Crippen LogP contribution >= 0.6 is 0 Å². The smallest absolute Gasteiger partial charge is 0.168 e. The van der Waals surface area contributed by atoms with E-state index in [-0.39, 0.29) is 11.5 Å². The maximum absolute atomic E-state index is 10.1. The molecule has 5 nitrogen and oxygen atoms in total. The van der Waals surface area contributed by atoms with Crippen molar-refractivity contribution in [3.8, 4) is 28.4 Å². The van der Waals surface area contributed by atoms with E-state index >= 15 is 0 Å². The van der Waals surface area contributed by atoms with Gasteiger partial charge in [-0.05, 0) is 65.4 Å². The lowest BCUT2D eigenvalue weighted by Gasteiger charge is -2.31. The van der Waals surface area contributed by atoms with Gasteiger partial charge in [-0.2, -0.15) is 0 Å². The van der Waals surface area contributed by atoms with E-state index < -0.39 is 5.79 Å². The number of aryl methyl sites for hydroxylation is 2. The van der Waals surface area contributed by atoms with E-state index in [9.17, 15) is 10.2 Å². The molecule has 0 heterocycles. The van der Waals surface area contributed by atoms with Gasteiger partial charge in [0.1, 0.15) is 17.2 Å². The molecule has 0 spiro atoms. The fourth-order valence-electron chi connectivity index (χ4n) is 3.91. The van der Waals surface area contributed by atoms with Gasteiger partial charge in [0.15, 0.2) is 5.79 Å². The quantitative estimate of drug-likeness (QED) is 0.432. The number of phenols is 2. The molecule has 0 aromatic heterocycles. The Morgan fingerprint density at radius 2 is 1.29 bits per heavy atom. The standard InChI is InChI=1S/C26H30O5/c1-29-25-12-10-23(28)18-21(25)14-16-26(30-2,31-3)15-13-20-17-22(27)9-11-24(20)19-7-5-4-6-8-19/h4-12,17-18,27-28H,13-16H2,1-3H3. The molecule has 0 amide bonds. The maximum Gasteiger partial charge on any atom is 0.168 e. The second-order valence-electron chi connectivity index (χ2n) is 7.52. The van der Waals surface area contributed by atoms with Crippen LogP contribution in [0, 0.1) is 0 Å². The number of ether oxygens (including phenoxy) is 3. The van der Waals surface area contributed by atoms with E-state index in [0.29, 0.717) is 25.7 Å². The summed E-state index contributed by atoms with van der Waals surface area (Å²) in [6.07, 6.45) is 2.46. The van der Waals surface area contributed by atoms with E-state index in [1.54, 1.807) is 51.7 Å². The molecule has 5 heteroatoms. The number of rotatable bonds is 10. The van der Waals surface area contributed by atoms with Gasteiger partial charge in [-0.1, -0.05) is 36.4 Å². The highest BCUT2D eigenvalue weighted by Gasteiger charge is 2.30. The molecular weight excluding hydrogens is 392 g/mol. The Balaban J connectivity index is 1.80. The number of methoxy groups -OCH3 is 3. The number of benzene rings is 3. The second kappa shape index (κ2) is 10.3. The van der Waals surface area contributed by atoms with Crippen molar-refractivity contribution in [2.24, 2.45) is 0 Å². The zero-order valence-electron chi connectivity index (χ0n) is 18.3. The lowest BCUT2D eigenvalue weighted by Crippen LogP contribution is -2.35. The number of hydrogen-bond donors (Lipinski definition) is 2. The number of phenolic OH excluding ortho intramolecular Hbond substituents is 2. The van der Waals surface area contributed by atoms with Gasteiger partial charge in [0, 0.05) is 27.1 Å². The third-order valence-electron chi connectivity index (χ3n) is 5.73. The van der Waals surface area contributed by atoms with Gasteiger partial charge in [0.2, 0.25) is 0 Å². The highest BCUT2D eigenvalue weighted by molar-refractivity contribution is 5.68. The zero-order chi connectivity index (χ0) is 22.3. The molecule has 3 rings (SSSR count). The highest BCUT2D eigenvalue weighted by Crippen LogP contribution is 2.33. The van der Waals surface area contributed by atoms with Gasteiger partial charge in [0.25, 0.3) is 0 Å². The predicted octanol–water partition coefficient (Wildman–Crippen LogP) is 5.33. The lowest BCUT2D eigenvalue weighted by atomic mass is 9.92. The lowest BCUT2D eigenvalue weighted by molar-refractivity contribution is -0.214. The van der Waals surface area contributed by atoms with E-state index in [1.165, 1.54) is 0 Å². The van der Waals surface area contributed by atoms with Gasteiger partial charge in [-0.25, -0.2) is 0 Å². The molecule has 0 fully saturated rings. The Morgan fingerprint density at radius 1 is 0.710 bits per heavy atom. The van der Waals surface area contributed by atoms with Crippen LogP contribution in [0.1, 0.15) is 24.0 Å². The molecule has 3 aromatic carbocycles. The molecule has 0 bridgehead atoms. The topological polar surface area (TPSA) is 68.2 Å². The molecule has 0 unspecified atom stereocenters. The van der Waals surface area contributed by atoms with E-state index in [1.807, 2.05) is 24.3 Å². The van der Waals surface area contributed by atoms with Crippen molar-refractivity contribution in [1.29, 1.82) is 0 Å². The van der Waals surface area contributed by atoms with Crippen molar-refractivity contribution >= 4 is 0 Å². The maximum atomic E-state index is 10.1. The van der Waals surface area contributed by atoms with Crippen molar-refractivity contribution in [2.45, 2.75) is 31.5 Å². The minimum atomic E-state index is -0.810. The first-order chi connectivity index (χ1) is 15.0. The van der Waals surface area contributed by atoms with Gasteiger partial charge in [-0.15, -0.1) is 0 Å². The SMILES string of the molecule is COc1ccc(O)cc1CCC(CCc1cc(O)ccc1-c1ccccc1)(OC)OC. The summed E-state index contributed by atoms with van der Waals surface area (Å²) in [5, 5.41) is 19.9. The average Bonchev–Trinajstić information content (AvgIpc) is 2.80. The van der Waals surface area contributed by atoms with E-state index in [2.05, 4.69) is 12.1 Å². The Hall–Kier alpha value is -3.02. The minimum absolute atomic E-state index is 0.198. The first-order valence-electron chi connectivity index (χ1n) is 10.3. The van der Waals surface area contributed by atoms with Crippen LogP contribution in [-0.2, 0) is 22.3 Å². The summed E-state index contributed by atoms with van der Waals surface area (Å²) in [6, 6.07) is 20.6. The Labute approximate surface area is 183 Å². The Bertz CT molecular complexity index is 980. The van der Waals surface area contributed by atoms with Crippen LogP contribution in [0.15, 0.2) is 66.7 Å². The van der Waals surface area contributed by atoms with Crippen LogP contribution in [0.3, 0.4) is 0 Å². The van der Waals surface area contributed by atoms with Gasteiger partial charge >= 0.3 is 0 Å². The minimum Gasteiger partial charge on any atom is -0.508 e. The zero-order valence-corrected chi connectivity index (χ0v) is 18.3.